The van der Waals surface area contributed by atoms with Crippen molar-refractivity contribution in [2.24, 2.45) is 11.3 Å². The van der Waals surface area contributed by atoms with E-state index in [1.54, 1.807) is 0 Å². The first-order chi connectivity index (χ1) is 6.57. The third-order valence-corrected chi connectivity index (χ3v) is 3.58. The van der Waals surface area contributed by atoms with Crippen LogP contribution in [0.15, 0.2) is 0 Å². The Hall–Kier alpha value is -0.530. The molecule has 2 fully saturated rings. The molecule has 0 bridgehead atoms. The van der Waals surface area contributed by atoms with E-state index in [0.29, 0.717) is 11.3 Å². The molecule has 0 radical (unpaired) electrons. The summed E-state index contributed by atoms with van der Waals surface area (Å²) in [6.07, 6.45) is 5.71. The van der Waals surface area contributed by atoms with Crippen molar-refractivity contribution in [1.82, 2.24) is 4.90 Å². The van der Waals surface area contributed by atoms with Gasteiger partial charge in [-0.25, -0.2) is 0 Å². The summed E-state index contributed by atoms with van der Waals surface area (Å²) in [4.78, 5) is 13.6. The molecule has 0 atom stereocenters. The van der Waals surface area contributed by atoms with Crippen LogP contribution in [-0.2, 0) is 4.79 Å². The van der Waals surface area contributed by atoms with Gasteiger partial charge in [-0.3, -0.25) is 4.79 Å². The Morgan fingerprint density at radius 1 is 1.36 bits per heavy atom. The largest absolute Gasteiger partial charge is 0.342 e. The first-order valence-corrected chi connectivity index (χ1v) is 5.85. The Balaban J connectivity index is 1.78. The zero-order valence-corrected chi connectivity index (χ0v) is 9.38. The monoisotopic (exact) mass is 195 g/mol. The van der Waals surface area contributed by atoms with Crippen LogP contribution in [-0.4, -0.2) is 23.9 Å². The average Bonchev–Trinajstić information content (AvgIpc) is 2.05. The molecule has 0 aromatic heterocycles. The van der Waals surface area contributed by atoms with Gasteiger partial charge in [0.05, 0.1) is 0 Å². The predicted molar refractivity (Wildman–Crippen MR) is 56.9 cm³/mol. The van der Waals surface area contributed by atoms with Gasteiger partial charge < -0.3 is 4.90 Å². The molecule has 14 heavy (non-hydrogen) atoms. The predicted octanol–water partition coefficient (Wildman–Crippen LogP) is 2.44. The van der Waals surface area contributed by atoms with Crippen molar-refractivity contribution in [3.63, 3.8) is 0 Å². The van der Waals surface area contributed by atoms with Gasteiger partial charge in [0.2, 0.25) is 5.91 Å². The molecule has 1 heterocycles. The van der Waals surface area contributed by atoms with Crippen LogP contribution in [0.25, 0.3) is 0 Å². The van der Waals surface area contributed by atoms with Crippen molar-refractivity contribution >= 4 is 5.91 Å². The number of rotatable bonds is 2. The van der Waals surface area contributed by atoms with Crippen molar-refractivity contribution in [3.05, 3.63) is 0 Å². The molecule has 1 amide bonds. The lowest BCUT2D eigenvalue weighted by Gasteiger charge is -2.45. The first-order valence-electron chi connectivity index (χ1n) is 5.85. The van der Waals surface area contributed by atoms with Crippen LogP contribution in [0, 0.1) is 11.3 Å². The van der Waals surface area contributed by atoms with E-state index >= 15 is 0 Å². The van der Waals surface area contributed by atoms with Gasteiger partial charge in [0.1, 0.15) is 0 Å². The standard InChI is InChI=1S/C12H21NO/c1-12(2)7-10(8-12)9-13-6-4-3-5-11(13)14/h10H,3-9H2,1-2H3. The molecule has 80 valence electrons. The number of likely N-dealkylation sites (tertiary alicyclic amines) is 1. The average molecular weight is 195 g/mol. The van der Waals surface area contributed by atoms with E-state index in [1.807, 2.05) is 0 Å². The number of nitrogens with zero attached hydrogens (tertiary/aromatic N) is 1. The molecule has 1 saturated carbocycles. The van der Waals surface area contributed by atoms with Crippen LogP contribution in [0.5, 0.6) is 0 Å². The maximum absolute atomic E-state index is 11.6. The third-order valence-electron chi connectivity index (χ3n) is 3.58. The fraction of sp³-hybridized carbons (Fsp3) is 0.917. The summed E-state index contributed by atoms with van der Waals surface area (Å²) < 4.78 is 0. The van der Waals surface area contributed by atoms with E-state index in [2.05, 4.69) is 18.7 Å². The van der Waals surface area contributed by atoms with E-state index in [0.717, 1.165) is 31.8 Å². The molecule has 2 heteroatoms. The summed E-state index contributed by atoms with van der Waals surface area (Å²) in [7, 11) is 0. The quantitative estimate of drug-likeness (QED) is 0.662. The highest BCUT2D eigenvalue weighted by atomic mass is 16.2. The lowest BCUT2D eigenvalue weighted by molar-refractivity contribution is -0.135. The highest BCUT2D eigenvalue weighted by Gasteiger charge is 2.37. The molecule has 0 aromatic carbocycles. The smallest absolute Gasteiger partial charge is 0.222 e. The summed E-state index contributed by atoms with van der Waals surface area (Å²) in [5, 5.41) is 0. The lowest BCUT2D eigenvalue weighted by atomic mass is 9.64. The van der Waals surface area contributed by atoms with E-state index in [-0.39, 0.29) is 0 Å². The molecular weight excluding hydrogens is 174 g/mol. The summed E-state index contributed by atoms with van der Waals surface area (Å²) in [6.45, 7) is 6.68. The van der Waals surface area contributed by atoms with Crippen molar-refractivity contribution in [1.29, 1.82) is 0 Å². The minimum Gasteiger partial charge on any atom is -0.342 e. The molecule has 2 aliphatic rings. The first kappa shape index (κ1) is 10.0. The Morgan fingerprint density at radius 2 is 2.07 bits per heavy atom. The highest BCUT2D eigenvalue weighted by molar-refractivity contribution is 5.76. The van der Waals surface area contributed by atoms with E-state index in [4.69, 9.17) is 0 Å². The number of hydrogen-bond donors (Lipinski definition) is 0. The number of carbonyl (C=O) groups is 1. The van der Waals surface area contributed by atoms with Gasteiger partial charge in [0.15, 0.2) is 0 Å². The van der Waals surface area contributed by atoms with Crippen LogP contribution in [0.2, 0.25) is 0 Å². The Morgan fingerprint density at radius 3 is 2.64 bits per heavy atom. The minimum absolute atomic E-state index is 0.390. The number of amides is 1. The van der Waals surface area contributed by atoms with Gasteiger partial charge in [-0.2, -0.15) is 0 Å². The van der Waals surface area contributed by atoms with Gasteiger partial charge in [-0.15, -0.1) is 0 Å². The second kappa shape index (κ2) is 3.56. The minimum atomic E-state index is 0.390. The molecule has 2 nitrogen and oxygen atoms in total. The molecular formula is C12H21NO. The zero-order chi connectivity index (χ0) is 10.2. The van der Waals surface area contributed by atoms with E-state index in [1.165, 1.54) is 19.3 Å². The fourth-order valence-corrected chi connectivity index (χ4v) is 3.00. The fourth-order valence-electron chi connectivity index (χ4n) is 3.00. The Labute approximate surface area is 86.7 Å². The van der Waals surface area contributed by atoms with Crippen LogP contribution < -0.4 is 0 Å². The Bertz CT molecular complexity index is 226. The molecule has 1 aliphatic heterocycles. The van der Waals surface area contributed by atoms with Gasteiger partial charge in [-0.05, 0) is 37.0 Å². The molecule has 2 rings (SSSR count). The van der Waals surface area contributed by atoms with Gasteiger partial charge in [-0.1, -0.05) is 13.8 Å². The second-order valence-corrected chi connectivity index (χ2v) is 5.74. The normalized spacial score (nSPS) is 27.6. The lowest BCUT2D eigenvalue weighted by Crippen LogP contribution is -2.44. The highest BCUT2D eigenvalue weighted by Crippen LogP contribution is 2.45. The Kier molecular flexibility index (Phi) is 2.54. The van der Waals surface area contributed by atoms with E-state index in [9.17, 15) is 4.79 Å². The zero-order valence-electron chi connectivity index (χ0n) is 9.38. The number of hydrogen-bond acceptors (Lipinski definition) is 1. The summed E-state index contributed by atoms with van der Waals surface area (Å²) >= 11 is 0. The van der Waals surface area contributed by atoms with E-state index < -0.39 is 0 Å². The van der Waals surface area contributed by atoms with Crippen LogP contribution in [0.1, 0.15) is 46.0 Å². The number of carbonyl (C=O) groups excluding carboxylic acids is 1. The maximum Gasteiger partial charge on any atom is 0.222 e. The molecule has 1 aliphatic carbocycles. The molecule has 0 N–H and O–H groups in total. The van der Waals surface area contributed by atoms with Crippen molar-refractivity contribution in [3.8, 4) is 0 Å². The summed E-state index contributed by atoms with van der Waals surface area (Å²) in [5.74, 6) is 1.17. The van der Waals surface area contributed by atoms with Crippen molar-refractivity contribution in [2.75, 3.05) is 13.1 Å². The molecule has 0 unspecified atom stereocenters. The third kappa shape index (κ3) is 2.10. The van der Waals surface area contributed by atoms with Crippen LogP contribution >= 0.6 is 0 Å². The van der Waals surface area contributed by atoms with Crippen molar-refractivity contribution in [2.45, 2.75) is 46.0 Å². The SMILES string of the molecule is CC1(C)CC(CN2CCCCC2=O)C1. The van der Waals surface area contributed by atoms with Crippen LogP contribution in [0.4, 0.5) is 0 Å². The summed E-state index contributed by atoms with van der Waals surface area (Å²) in [6, 6.07) is 0. The molecule has 1 saturated heterocycles. The van der Waals surface area contributed by atoms with Gasteiger partial charge in [0, 0.05) is 19.5 Å². The van der Waals surface area contributed by atoms with Gasteiger partial charge >= 0.3 is 0 Å². The number of piperidine rings is 1. The second-order valence-electron chi connectivity index (χ2n) is 5.74. The van der Waals surface area contributed by atoms with Gasteiger partial charge in [0.25, 0.3) is 0 Å². The summed E-state index contributed by atoms with van der Waals surface area (Å²) in [5.41, 5.74) is 0.545. The van der Waals surface area contributed by atoms with Crippen LogP contribution in [0.3, 0.4) is 0 Å². The molecule has 0 spiro atoms. The maximum atomic E-state index is 11.6. The topological polar surface area (TPSA) is 20.3 Å². The van der Waals surface area contributed by atoms with Crippen molar-refractivity contribution < 1.29 is 4.79 Å². The molecule has 0 aromatic rings.